The third-order valence-corrected chi connectivity index (χ3v) is 3.66. The lowest BCUT2D eigenvalue weighted by Gasteiger charge is -2.27. The number of hydrogen-bond donors (Lipinski definition) is 1. The van der Waals surface area contributed by atoms with Gasteiger partial charge in [-0.25, -0.2) is 0 Å². The molecule has 88 valence electrons. The molecule has 0 aromatic rings. The molecule has 3 heteroatoms. The van der Waals surface area contributed by atoms with E-state index in [-0.39, 0.29) is 0 Å². The van der Waals surface area contributed by atoms with Crippen LogP contribution in [-0.4, -0.2) is 61.7 Å². The summed E-state index contributed by atoms with van der Waals surface area (Å²) in [5, 5.41) is 3.63. The summed E-state index contributed by atoms with van der Waals surface area (Å²) in [5.41, 5.74) is 0. The van der Waals surface area contributed by atoms with Gasteiger partial charge in [-0.15, -0.1) is 0 Å². The van der Waals surface area contributed by atoms with Gasteiger partial charge >= 0.3 is 0 Å². The summed E-state index contributed by atoms with van der Waals surface area (Å²) < 4.78 is 0. The normalized spacial score (nSPS) is 27.6. The first-order valence-electron chi connectivity index (χ1n) is 6.41. The Morgan fingerprint density at radius 2 is 2.00 bits per heavy atom. The summed E-state index contributed by atoms with van der Waals surface area (Å²) in [6.07, 6.45) is 4.12. The number of likely N-dealkylation sites (N-methyl/N-ethyl adjacent to an activating group) is 1. The van der Waals surface area contributed by atoms with E-state index in [4.69, 9.17) is 0 Å². The molecule has 2 rings (SSSR count). The van der Waals surface area contributed by atoms with Gasteiger partial charge in [-0.1, -0.05) is 0 Å². The zero-order chi connectivity index (χ0) is 10.7. The predicted molar refractivity (Wildman–Crippen MR) is 64.2 cm³/mol. The van der Waals surface area contributed by atoms with Gasteiger partial charge < -0.3 is 10.2 Å². The van der Waals surface area contributed by atoms with Gasteiger partial charge in [-0.2, -0.15) is 0 Å². The van der Waals surface area contributed by atoms with Crippen LogP contribution in [0.5, 0.6) is 0 Å². The minimum absolute atomic E-state index is 0.706. The third kappa shape index (κ3) is 3.74. The summed E-state index contributed by atoms with van der Waals surface area (Å²) in [7, 11) is 2.23. The molecule has 1 saturated carbocycles. The zero-order valence-corrected chi connectivity index (χ0v) is 10.2. The lowest BCUT2D eigenvalue weighted by molar-refractivity contribution is 0.210. The minimum Gasteiger partial charge on any atom is -0.312 e. The quantitative estimate of drug-likeness (QED) is 0.741. The van der Waals surface area contributed by atoms with Gasteiger partial charge in [0.1, 0.15) is 0 Å². The first-order chi connectivity index (χ1) is 7.25. The van der Waals surface area contributed by atoms with Crippen molar-refractivity contribution in [1.82, 2.24) is 15.1 Å². The largest absolute Gasteiger partial charge is 0.312 e. The van der Waals surface area contributed by atoms with E-state index < -0.39 is 0 Å². The SMILES string of the molecule is CC(CNC1CC1)N1CCCN(C)CC1. The zero-order valence-electron chi connectivity index (χ0n) is 10.2. The average Bonchev–Trinajstić information content (AvgIpc) is 3.02. The summed E-state index contributed by atoms with van der Waals surface area (Å²) >= 11 is 0. The van der Waals surface area contributed by atoms with Crippen molar-refractivity contribution in [3.8, 4) is 0 Å². The standard InChI is InChI=1S/C12H25N3/c1-11(10-13-12-4-5-12)15-7-3-6-14(2)8-9-15/h11-13H,3-10H2,1-2H3. The van der Waals surface area contributed by atoms with Crippen LogP contribution in [-0.2, 0) is 0 Å². The lowest BCUT2D eigenvalue weighted by atomic mass is 10.2. The van der Waals surface area contributed by atoms with Crippen molar-refractivity contribution in [3.05, 3.63) is 0 Å². The van der Waals surface area contributed by atoms with Gasteiger partial charge in [0.05, 0.1) is 0 Å². The maximum atomic E-state index is 3.63. The van der Waals surface area contributed by atoms with Crippen LogP contribution >= 0.6 is 0 Å². The first-order valence-corrected chi connectivity index (χ1v) is 6.41. The molecule has 1 aliphatic carbocycles. The van der Waals surface area contributed by atoms with Crippen LogP contribution in [0, 0.1) is 0 Å². The molecule has 15 heavy (non-hydrogen) atoms. The van der Waals surface area contributed by atoms with Crippen molar-refractivity contribution < 1.29 is 0 Å². The van der Waals surface area contributed by atoms with Crippen LogP contribution < -0.4 is 5.32 Å². The number of hydrogen-bond acceptors (Lipinski definition) is 3. The third-order valence-electron chi connectivity index (χ3n) is 3.66. The fourth-order valence-corrected chi connectivity index (χ4v) is 2.26. The Labute approximate surface area is 93.8 Å². The van der Waals surface area contributed by atoms with E-state index in [2.05, 4.69) is 29.1 Å². The highest BCUT2D eigenvalue weighted by atomic mass is 15.2. The molecular weight excluding hydrogens is 186 g/mol. The van der Waals surface area contributed by atoms with E-state index in [0.717, 1.165) is 6.04 Å². The molecule has 0 spiro atoms. The first kappa shape index (κ1) is 11.4. The topological polar surface area (TPSA) is 18.5 Å². The van der Waals surface area contributed by atoms with Gasteiger partial charge in [-0.05, 0) is 46.3 Å². The molecule has 1 atom stereocenters. The van der Waals surface area contributed by atoms with Crippen LogP contribution in [0.15, 0.2) is 0 Å². The number of nitrogens with zero attached hydrogens (tertiary/aromatic N) is 2. The minimum atomic E-state index is 0.706. The molecule has 3 nitrogen and oxygen atoms in total. The lowest BCUT2D eigenvalue weighted by Crippen LogP contribution is -2.42. The summed E-state index contributed by atoms with van der Waals surface area (Å²) in [6, 6.07) is 1.55. The average molecular weight is 211 g/mol. The van der Waals surface area contributed by atoms with Crippen LogP contribution in [0.1, 0.15) is 26.2 Å². The highest BCUT2D eigenvalue weighted by Crippen LogP contribution is 2.18. The Bertz CT molecular complexity index is 191. The molecule has 1 heterocycles. The molecule has 0 amide bonds. The summed E-state index contributed by atoms with van der Waals surface area (Å²) in [5.74, 6) is 0. The van der Waals surface area contributed by atoms with E-state index in [1.165, 1.54) is 52.0 Å². The van der Waals surface area contributed by atoms with Crippen molar-refractivity contribution in [2.45, 2.75) is 38.3 Å². The number of nitrogens with one attached hydrogen (secondary N) is 1. The highest BCUT2D eigenvalue weighted by molar-refractivity contribution is 4.83. The van der Waals surface area contributed by atoms with E-state index in [0.29, 0.717) is 6.04 Å². The maximum absolute atomic E-state index is 3.63. The molecule has 0 aromatic heterocycles. The molecule has 0 bridgehead atoms. The summed E-state index contributed by atoms with van der Waals surface area (Å²) in [6.45, 7) is 8.55. The van der Waals surface area contributed by atoms with Gasteiger partial charge in [0.15, 0.2) is 0 Å². The van der Waals surface area contributed by atoms with E-state index >= 15 is 0 Å². The van der Waals surface area contributed by atoms with Crippen molar-refractivity contribution in [1.29, 1.82) is 0 Å². The molecule has 1 aliphatic heterocycles. The van der Waals surface area contributed by atoms with Gasteiger partial charge in [0.25, 0.3) is 0 Å². The smallest absolute Gasteiger partial charge is 0.0193 e. The summed E-state index contributed by atoms with van der Waals surface area (Å²) in [4.78, 5) is 5.08. The molecule has 1 unspecified atom stereocenters. The van der Waals surface area contributed by atoms with Crippen LogP contribution in [0.25, 0.3) is 0 Å². The van der Waals surface area contributed by atoms with E-state index in [9.17, 15) is 0 Å². The molecule has 1 saturated heterocycles. The van der Waals surface area contributed by atoms with Gasteiger partial charge in [-0.3, -0.25) is 4.90 Å². The van der Waals surface area contributed by atoms with Crippen molar-refractivity contribution in [3.63, 3.8) is 0 Å². The molecular formula is C12H25N3. The monoisotopic (exact) mass is 211 g/mol. The Kier molecular flexibility index (Phi) is 4.00. The predicted octanol–water partition coefficient (Wildman–Crippen LogP) is 0.764. The Balaban J connectivity index is 1.70. The van der Waals surface area contributed by atoms with Crippen molar-refractivity contribution >= 4 is 0 Å². The Hall–Kier alpha value is -0.120. The second-order valence-corrected chi connectivity index (χ2v) is 5.22. The number of rotatable bonds is 4. The van der Waals surface area contributed by atoms with Crippen LogP contribution in [0.3, 0.4) is 0 Å². The van der Waals surface area contributed by atoms with E-state index in [1.54, 1.807) is 0 Å². The molecule has 2 fully saturated rings. The highest BCUT2D eigenvalue weighted by Gasteiger charge is 2.23. The van der Waals surface area contributed by atoms with Crippen LogP contribution in [0.4, 0.5) is 0 Å². The Morgan fingerprint density at radius 3 is 2.73 bits per heavy atom. The van der Waals surface area contributed by atoms with Crippen LogP contribution in [0.2, 0.25) is 0 Å². The van der Waals surface area contributed by atoms with Gasteiger partial charge in [0.2, 0.25) is 0 Å². The Morgan fingerprint density at radius 1 is 1.20 bits per heavy atom. The fraction of sp³-hybridized carbons (Fsp3) is 1.00. The fourth-order valence-electron chi connectivity index (χ4n) is 2.26. The molecule has 2 aliphatic rings. The molecule has 0 radical (unpaired) electrons. The maximum Gasteiger partial charge on any atom is 0.0193 e. The molecule has 1 N–H and O–H groups in total. The van der Waals surface area contributed by atoms with Gasteiger partial charge in [0, 0.05) is 31.7 Å². The van der Waals surface area contributed by atoms with Crippen molar-refractivity contribution in [2.24, 2.45) is 0 Å². The van der Waals surface area contributed by atoms with E-state index in [1.807, 2.05) is 0 Å². The second kappa shape index (κ2) is 5.28. The molecule has 0 aromatic carbocycles. The van der Waals surface area contributed by atoms with Crippen molar-refractivity contribution in [2.75, 3.05) is 39.8 Å². The second-order valence-electron chi connectivity index (χ2n) is 5.22.